The highest BCUT2D eigenvalue weighted by Gasteiger charge is 2.28. The zero-order valence-corrected chi connectivity index (χ0v) is 10.5. The SMILES string of the molecule is CC1(NC(=O)NCCOCC(=O)O)CCOCC1. The van der Waals surface area contributed by atoms with Crippen LogP contribution in [0, 0.1) is 0 Å². The number of hydrogen-bond donors (Lipinski definition) is 3. The predicted octanol–water partition coefficient (Wildman–Crippen LogP) is -0.0441. The van der Waals surface area contributed by atoms with E-state index < -0.39 is 5.97 Å². The van der Waals surface area contributed by atoms with E-state index in [0.29, 0.717) is 13.2 Å². The first-order valence-corrected chi connectivity index (χ1v) is 5.95. The predicted molar refractivity (Wildman–Crippen MR) is 63.4 cm³/mol. The Morgan fingerprint density at radius 3 is 2.67 bits per heavy atom. The fraction of sp³-hybridized carbons (Fsp3) is 0.818. The highest BCUT2D eigenvalue weighted by atomic mass is 16.5. The summed E-state index contributed by atoms with van der Waals surface area (Å²) in [7, 11) is 0. The lowest BCUT2D eigenvalue weighted by atomic mass is 9.93. The number of carboxylic acid groups (broad SMARTS) is 1. The van der Waals surface area contributed by atoms with E-state index in [-0.39, 0.29) is 31.3 Å². The van der Waals surface area contributed by atoms with E-state index >= 15 is 0 Å². The van der Waals surface area contributed by atoms with Gasteiger partial charge < -0.3 is 25.2 Å². The van der Waals surface area contributed by atoms with E-state index in [1.54, 1.807) is 0 Å². The molecule has 0 bridgehead atoms. The number of urea groups is 1. The second-order valence-electron chi connectivity index (χ2n) is 4.50. The number of aliphatic carboxylic acids is 1. The first-order valence-electron chi connectivity index (χ1n) is 5.95. The first kappa shape index (κ1) is 14.7. The van der Waals surface area contributed by atoms with E-state index in [1.165, 1.54) is 0 Å². The lowest BCUT2D eigenvalue weighted by molar-refractivity contribution is -0.142. The maximum absolute atomic E-state index is 11.6. The number of hydrogen-bond acceptors (Lipinski definition) is 4. The molecule has 18 heavy (non-hydrogen) atoms. The highest BCUT2D eigenvalue weighted by molar-refractivity contribution is 5.74. The van der Waals surface area contributed by atoms with Crippen LogP contribution >= 0.6 is 0 Å². The van der Waals surface area contributed by atoms with Crippen molar-refractivity contribution in [3.63, 3.8) is 0 Å². The third kappa shape index (κ3) is 5.83. The summed E-state index contributed by atoms with van der Waals surface area (Å²) in [6, 6.07) is -0.265. The van der Waals surface area contributed by atoms with Gasteiger partial charge in [-0.3, -0.25) is 0 Å². The number of amides is 2. The molecule has 0 radical (unpaired) electrons. The van der Waals surface area contributed by atoms with Crippen molar-refractivity contribution in [2.24, 2.45) is 0 Å². The summed E-state index contributed by atoms with van der Waals surface area (Å²) in [6.07, 6.45) is 1.58. The second kappa shape index (κ2) is 7.17. The van der Waals surface area contributed by atoms with Crippen LogP contribution in [-0.4, -0.2) is 55.6 Å². The van der Waals surface area contributed by atoms with Crippen LogP contribution in [-0.2, 0) is 14.3 Å². The summed E-state index contributed by atoms with van der Waals surface area (Å²) >= 11 is 0. The van der Waals surface area contributed by atoms with Gasteiger partial charge in [0.2, 0.25) is 0 Å². The van der Waals surface area contributed by atoms with Crippen molar-refractivity contribution in [1.29, 1.82) is 0 Å². The molecule has 3 N–H and O–H groups in total. The van der Waals surface area contributed by atoms with Gasteiger partial charge in [0.15, 0.2) is 0 Å². The largest absolute Gasteiger partial charge is 0.480 e. The molecular formula is C11H20N2O5. The molecule has 1 rings (SSSR count). The van der Waals surface area contributed by atoms with Crippen molar-refractivity contribution in [1.82, 2.24) is 10.6 Å². The number of rotatable bonds is 6. The molecule has 0 atom stereocenters. The molecule has 0 saturated carbocycles. The Balaban J connectivity index is 2.11. The summed E-state index contributed by atoms with van der Waals surface area (Å²) in [5.41, 5.74) is -0.232. The first-order chi connectivity index (χ1) is 8.52. The number of carboxylic acids is 1. The Kier molecular flexibility index (Phi) is 5.87. The molecule has 0 aromatic carbocycles. The molecule has 1 aliphatic heterocycles. The van der Waals surface area contributed by atoms with Crippen molar-refractivity contribution in [3.8, 4) is 0 Å². The number of carbonyl (C=O) groups is 2. The molecule has 0 aromatic rings. The Labute approximate surface area is 106 Å². The average Bonchev–Trinajstić information content (AvgIpc) is 2.28. The maximum Gasteiger partial charge on any atom is 0.329 e. The molecule has 7 nitrogen and oxygen atoms in total. The molecule has 0 aliphatic carbocycles. The van der Waals surface area contributed by atoms with E-state index in [0.717, 1.165) is 12.8 Å². The second-order valence-corrected chi connectivity index (χ2v) is 4.50. The molecule has 1 heterocycles. The van der Waals surface area contributed by atoms with Gasteiger partial charge in [0.1, 0.15) is 6.61 Å². The van der Waals surface area contributed by atoms with Gasteiger partial charge in [0.25, 0.3) is 0 Å². The van der Waals surface area contributed by atoms with Gasteiger partial charge in [-0.1, -0.05) is 0 Å². The van der Waals surface area contributed by atoms with E-state index in [2.05, 4.69) is 10.6 Å². The molecule has 1 fully saturated rings. The lowest BCUT2D eigenvalue weighted by Gasteiger charge is -2.34. The highest BCUT2D eigenvalue weighted by Crippen LogP contribution is 2.19. The Morgan fingerprint density at radius 2 is 2.06 bits per heavy atom. The van der Waals surface area contributed by atoms with Crippen LogP contribution < -0.4 is 10.6 Å². The van der Waals surface area contributed by atoms with E-state index in [4.69, 9.17) is 14.6 Å². The molecule has 1 aliphatic rings. The van der Waals surface area contributed by atoms with Crippen molar-refractivity contribution in [2.45, 2.75) is 25.3 Å². The monoisotopic (exact) mass is 260 g/mol. The van der Waals surface area contributed by atoms with Crippen molar-refractivity contribution >= 4 is 12.0 Å². The molecule has 0 unspecified atom stereocenters. The molecular weight excluding hydrogens is 240 g/mol. The fourth-order valence-electron chi connectivity index (χ4n) is 1.66. The van der Waals surface area contributed by atoms with Crippen LogP contribution in [0.15, 0.2) is 0 Å². The van der Waals surface area contributed by atoms with Crippen molar-refractivity contribution in [3.05, 3.63) is 0 Å². The number of carbonyl (C=O) groups excluding carboxylic acids is 1. The third-order valence-corrected chi connectivity index (χ3v) is 2.77. The van der Waals surface area contributed by atoms with Crippen LogP contribution in [0.3, 0.4) is 0 Å². The zero-order valence-electron chi connectivity index (χ0n) is 10.5. The Morgan fingerprint density at radius 1 is 1.39 bits per heavy atom. The van der Waals surface area contributed by atoms with Gasteiger partial charge in [-0.15, -0.1) is 0 Å². The summed E-state index contributed by atoms with van der Waals surface area (Å²) in [4.78, 5) is 21.7. The number of ether oxygens (including phenoxy) is 2. The van der Waals surface area contributed by atoms with Crippen LogP contribution in [0.2, 0.25) is 0 Å². The molecule has 0 spiro atoms. The Hall–Kier alpha value is -1.34. The normalized spacial score (nSPS) is 18.1. The van der Waals surface area contributed by atoms with Crippen LogP contribution in [0.4, 0.5) is 4.79 Å². The lowest BCUT2D eigenvalue weighted by Crippen LogP contribution is -2.53. The minimum Gasteiger partial charge on any atom is -0.480 e. The molecule has 2 amide bonds. The van der Waals surface area contributed by atoms with Crippen molar-refractivity contribution in [2.75, 3.05) is 33.0 Å². The van der Waals surface area contributed by atoms with Gasteiger partial charge in [0.05, 0.1) is 6.61 Å². The summed E-state index contributed by atoms with van der Waals surface area (Å²) < 4.78 is 10.0. The van der Waals surface area contributed by atoms with Gasteiger partial charge in [-0.05, 0) is 19.8 Å². The topological polar surface area (TPSA) is 96.9 Å². The molecule has 0 aromatic heterocycles. The van der Waals surface area contributed by atoms with E-state index in [1.807, 2.05) is 6.92 Å². The fourth-order valence-corrected chi connectivity index (χ4v) is 1.66. The minimum atomic E-state index is -1.02. The third-order valence-electron chi connectivity index (χ3n) is 2.77. The van der Waals surface area contributed by atoms with E-state index in [9.17, 15) is 9.59 Å². The van der Waals surface area contributed by atoms with Crippen molar-refractivity contribution < 1.29 is 24.2 Å². The summed E-state index contributed by atoms with van der Waals surface area (Å²) in [6.45, 7) is 3.40. The van der Waals surface area contributed by atoms with Crippen LogP contribution in [0.1, 0.15) is 19.8 Å². The number of nitrogens with one attached hydrogen (secondary N) is 2. The quantitative estimate of drug-likeness (QED) is 0.582. The molecule has 104 valence electrons. The van der Waals surface area contributed by atoms with Gasteiger partial charge in [-0.2, -0.15) is 0 Å². The maximum atomic E-state index is 11.6. The zero-order chi connectivity index (χ0) is 13.4. The van der Waals surface area contributed by atoms with Gasteiger partial charge >= 0.3 is 12.0 Å². The van der Waals surface area contributed by atoms with Gasteiger partial charge in [-0.25, -0.2) is 9.59 Å². The molecule has 1 saturated heterocycles. The smallest absolute Gasteiger partial charge is 0.329 e. The summed E-state index contributed by atoms with van der Waals surface area (Å²) in [5.74, 6) is -1.02. The standard InChI is InChI=1S/C11H20N2O5/c1-11(2-5-17-6-3-11)13-10(16)12-4-7-18-8-9(14)15/h2-8H2,1H3,(H,14,15)(H2,12,13,16). The Bertz CT molecular complexity index is 289. The summed E-state index contributed by atoms with van der Waals surface area (Å²) in [5, 5.41) is 13.8. The van der Waals surface area contributed by atoms with Crippen LogP contribution in [0.5, 0.6) is 0 Å². The molecule has 7 heteroatoms. The van der Waals surface area contributed by atoms with Gasteiger partial charge in [0, 0.05) is 25.3 Å². The van der Waals surface area contributed by atoms with Crippen LogP contribution in [0.25, 0.3) is 0 Å². The minimum absolute atomic E-state index is 0.180. The average molecular weight is 260 g/mol.